The van der Waals surface area contributed by atoms with Gasteiger partial charge in [0.05, 0.1) is 17.7 Å². The van der Waals surface area contributed by atoms with Gasteiger partial charge in [-0.05, 0) is 60.0 Å². The number of nitro benzene ring substituents is 1. The molecule has 1 aliphatic heterocycles. The molecular weight excluding hydrogens is 498 g/mol. The Bertz CT molecular complexity index is 1420. The van der Waals surface area contributed by atoms with Crippen molar-refractivity contribution >= 4 is 41.0 Å². The minimum absolute atomic E-state index is 0.0303. The third-order valence-corrected chi connectivity index (χ3v) is 5.77. The zero-order valence-corrected chi connectivity index (χ0v) is 20.5. The Kier molecular flexibility index (Phi) is 7.55. The lowest BCUT2D eigenvalue weighted by atomic mass is 10.0. The zero-order chi connectivity index (χ0) is 26.5. The number of anilines is 1. The Hall–Kier alpha value is -4.63. The summed E-state index contributed by atoms with van der Waals surface area (Å²) in [7, 11) is 1.48. The molecule has 0 atom stereocenters. The second kappa shape index (κ2) is 11.0. The molecule has 1 heterocycles. The van der Waals surface area contributed by atoms with Gasteiger partial charge in [0.15, 0.2) is 11.5 Å². The molecule has 0 radical (unpaired) electrons. The van der Waals surface area contributed by atoms with Gasteiger partial charge in [0, 0.05) is 22.7 Å². The minimum atomic E-state index is -0.575. The molecule has 0 unspecified atom stereocenters. The second-order valence-corrected chi connectivity index (χ2v) is 8.46. The molecule has 0 bridgehead atoms. The van der Waals surface area contributed by atoms with Crippen LogP contribution >= 0.6 is 11.6 Å². The summed E-state index contributed by atoms with van der Waals surface area (Å²) in [5.74, 6) is 0.325. The zero-order valence-electron chi connectivity index (χ0n) is 19.8. The van der Waals surface area contributed by atoms with E-state index < -0.39 is 16.9 Å². The summed E-state index contributed by atoms with van der Waals surface area (Å²) < 4.78 is 11.6. The number of nitro groups is 1. The number of nitrogens with zero attached hydrogens (tertiary/aromatic N) is 2. The van der Waals surface area contributed by atoms with E-state index in [9.17, 15) is 19.7 Å². The van der Waals surface area contributed by atoms with Crippen LogP contribution in [0.3, 0.4) is 0 Å². The summed E-state index contributed by atoms with van der Waals surface area (Å²) in [6.07, 6.45) is 3.67. The Labute approximate surface area is 217 Å². The molecule has 9 nitrogen and oxygen atoms in total. The minimum Gasteiger partial charge on any atom is -0.493 e. The van der Waals surface area contributed by atoms with Crippen molar-refractivity contribution in [3.05, 3.63) is 111 Å². The van der Waals surface area contributed by atoms with E-state index in [1.54, 1.807) is 60.7 Å². The number of methoxy groups -OCH3 is 1. The van der Waals surface area contributed by atoms with E-state index in [-0.39, 0.29) is 18.0 Å². The molecule has 1 aliphatic rings. The number of imide groups is 1. The highest BCUT2D eigenvalue weighted by atomic mass is 35.5. The third-order valence-electron chi connectivity index (χ3n) is 5.52. The first-order chi connectivity index (χ1) is 17.8. The van der Waals surface area contributed by atoms with Crippen molar-refractivity contribution in [1.29, 1.82) is 0 Å². The van der Waals surface area contributed by atoms with Crippen LogP contribution in [0.25, 0.3) is 6.08 Å². The number of amides is 3. The molecule has 3 amide bonds. The highest BCUT2D eigenvalue weighted by molar-refractivity contribution is 6.31. The molecular formula is C27H22ClN3O6. The number of ether oxygens (including phenoxy) is 2. The van der Waals surface area contributed by atoms with Crippen molar-refractivity contribution in [1.82, 2.24) is 5.32 Å². The average Bonchev–Trinajstić information content (AvgIpc) is 3.16. The van der Waals surface area contributed by atoms with Gasteiger partial charge in [-0.15, -0.1) is 6.58 Å². The Morgan fingerprint density at radius 1 is 1.14 bits per heavy atom. The number of halogens is 1. The van der Waals surface area contributed by atoms with Crippen molar-refractivity contribution in [3.63, 3.8) is 0 Å². The summed E-state index contributed by atoms with van der Waals surface area (Å²) in [6, 6.07) is 15.4. The highest BCUT2D eigenvalue weighted by Crippen LogP contribution is 2.35. The fourth-order valence-electron chi connectivity index (χ4n) is 3.83. The molecule has 3 aromatic rings. The number of carbonyl (C=O) groups is 2. The van der Waals surface area contributed by atoms with Gasteiger partial charge in [0.25, 0.3) is 11.6 Å². The van der Waals surface area contributed by atoms with Crippen LogP contribution in [0.5, 0.6) is 11.5 Å². The Balaban J connectivity index is 1.63. The number of rotatable bonds is 9. The van der Waals surface area contributed by atoms with Crippen LogP contribution < -0.4 is 19.7 Å². The quantitative estimate of drug-likeness (QED) is 0.128. The predicted octanol–water partition coefficient (Wildman–Crippen LogP) is 5.66. The molecule has 37 heavy (non-hydrogen) atoms. The fraction of sp³-hybridized carbons (Fsp3) is 0.111. The number of benzene rings is 3. The maximum absolute atomic E-state index is 13.0. The summed E-state index contributed by atoms with van der Waals surface area (Å²) in [4.78, 5) is 37.2. The van der Waals surface area contributed by atoms with Gasteiger partial charge in [-0.25, -0.2) is 9.69 Å². The molecule has 0 saturated carbocycles. The lowest BCUT2D eigenvalue weighted by Gasteiger charge is -2.16. The predicted molar refractivity (Wildman–Crippen MR) is 140 cm³/mol. The first kappa shape index (κ1) is 25.5. The van der Waals surface area contributed by atoms with Gasteiger partial charge < -0.3 is 14.8 Å². The molecule has 4 rings (SSSR count). The fourth-order valence-corrected chi connectivity index (χ4v) is 3.96. The van der Waals surface area contributed by atoms with Crippen molar-refractivity contribution in [2.24, 2.45) is 0 Å². The third kappa shape index (κ3) is 5.62. The number of nitrogens with one attached hydrogen (secondary N) is 1. The molecule has 1 N–H and O–H groups in total. The molecule has 188 valence electrons. The number of hydrogen-bond donors (Lipinski definition) is 1. The first-order valence-electron chi connectivity index (χ1n) is 11.1. The second-order valence-electron chi connectivity index (χ2n) is 8.03. The number of hydrogen-bond acceptors (Lipinski definition) is 6. The molecule has 0 aliphatic carbocycles. The number of non-ortho nitro benzene ring substituents is 1. The first-order valence-corrected chi connectivity index (χ1v) is 11.5. The standard InChI is InChI=1S/C27H22ClN3O6/c1-3-5-19-12-18(14-23-26(32)30(27(33)29-23)21-10-8-20(28)9-11-21)15-24(36-2)25(19)37-16-17-6-4-7-22(13-17)31(34)35/h3-4,6-15H,1,5,16H2,2H3,(H,29,33)/b23-14+. The van der Waals surface area contributed by atoms with E-state index in [4.69, 9.17) is 21.1 Å². The van der Waals surface area contributed by atoms with E-state index in [0.29, 0.717) is 39.8 Å². The summed E-state index contributed by atoms with van der Waals surface area (Å²) in [6.45, 7) is 3.87. The van der Waals surface area contributed by atoms with Crippen LogP contribution in [0.1, 0.15) is 16.7 Å². The van der Waals surface area contributed by atoms with Gasteiger partial charge >= 0.3 is 6.03 Å². The van der Waals surface area contributed by atoms with Crippen LogP contribution in [0.15, 0.2) is 79.0 Å². The monoisotopic (exact) mass is 519 g/mol. The number of urea groups is 1. The van der Waals surface area contributed by atoms with Crippen LogP contribution in [-0.4, -0.2) is 24.0 Å². The van der Waals surface area contributed by atoms with E-state index >= 15 is 0 Å². The van der Waals surface area contributed by atoms with E-state index in [1.165, 1.54) is 19.2 Å². The van der Waals surface area contributed by atoms with E-state index in [1.807, 2.05) is 0 Å². The molecule has 1 fully saturated rings. The number of allylic oxidation sites excluding steroid dienone is 1. The SMILES string of the molecule is C=CCc1cc(/C=C2/NC(=O)N(c3ccc(Cl)cc3)C2=O)cc(OC)c1OCc1cccc([N+](=O)[O-])c1. The molecule has 10 heteroatoms. The van der Waals surface area contributed by atoms with Crippen molar-refractivity contribution in [3.8, 4) is 11.5 Å². The largest absolute Gasteiger partial charge is 0.493 e. The summed E-state index contributed by atoms with van der Waals surface area (Å²) >= 11 is 5.91. The summed E-state index contributed by atoms with van der Waals surface area (Å²) in [5.41, 5.74) is 2.39. The van der Waals surface area contributed by atoms with Crippen molar-refractivity contribution in [2.45, 2.75) is 13.0 Å². The van der Waals surface area contributed by atoms with Crippen LogP contribution in [0.2, 0.25) is 5.02 Å². The lowest BCUT2D eigenvalue weighted by molar-refractivity contribution is -0.384. The average molecular weight is 520 g/mol. The van der Waals surface area contributed by atoms with E-state index in [2.05, 4.69) is 11.9 Å². The van der Waals surface area contributed by atoms with Gasteiger partial charge in [-0.1, -0.05) is 29.8 Å². The maximum atomic E-state index is 13.0. The molecule has 0 aromatic heterocycles. The van der Waals surface area contributed by atoms with Crippen LogP contribution in [-0.2, 0) is 17.8 Å². The molecule has 1 saturated heterocycles. The Morgan fingerprint density at radius 3 is 2.57 bits per heavy atom. The smallest absolute Gasteiger partial charge is 0.333 e. The highest BCUT2D eigenvalue weighted by Gasteiger charge is 2.35. The van der Waals surface area contributed by atoms with Crippen LogP contribution in [0, 0.1) is 10.1 Å². The summed E-state index contributed by atoms with van der Waals surface area (Å²) in [5, 5.41) is 14.2. The van der Waals surface area contributed by atoms with E-state index in [0.717, 1.165) is 10.5 Å². The Morgan fingerprint density at radius 2 is 1.89 bits per heavy atom. The van der Waals surface area contributed by atoms with Gasteiger partial charge in [-0.3, -0.25) is 14.9 Å². The van der Waals surface area contributed by atoms with Gasteiger partial charge in [-0.2, -0.15) is 0 Å². The van der Waals surface area contributed by atoms with Crippen LogP contribution in [0.4, 0.5) is 16.2 Å². The molecule has 0 spiro atoms. The van der Waals surface area contributed by atoms with Crippen molar-refractivity contribution < 1.29 is 24.0 Å². The lowest BCUT2D eigenvalue weighted by Crippen LogP contribution is -2.30. The number of carbonyl (C=O) groups excluding carboxylic acids is 2. The topological polar surface area (TPSA) is 111 Å². The maximum Gasteiger partial charge on any atom is 0.333 e. The molecule has 3 aromatic carbocycles. The van der Waals surface area contributed by atoms with Crippen molar-refractivity contribution in [2.75, 3.05) is 12.0 Å². The van der Waals surface area contributed by atoms with Gasteiger partial charge in [0.2, 0.25) is 0 Å². The van der Waals surface area contributed by atoms with Gasteiger partial charge in [0.1, 0.15) is 12.3 Å². The normalized spacial score (nSPS) is 14.0.